The van der Waals surface area contributed by atoms with E-state index in [1.54, 1.807) is 6.92 Å². The van der Waals surface area contributed by atoms with Crippen LogP contribution >= 0.6 is 27.3 Å². The topological polar surface area (TPSA) is 83.5 Å². The molecule has 8 heteroatoms. The molecule has 1 heterocycles. The number of thiophene rings is 1. The Balaban J connectivity index is 2.40. The van der Waals surface area contributed by atoms with Gasteiger partial charge in [-0.1, -0.05) is 6.07 Å². The summed E-state index contributed by atoms with van der Waals surface area (Å²) >= 11 is 4.05. The van der Waals surface area contributed by atoms with Gasteiger partial charge in [0.15, 0.2) is 0 Å². The zero-order chi connectivity index (χ0) is 15.8. The first-order valence-electron chi connectivity index (χ1n) is 5.83. The van der Waals surface area contributed by atoms with E-state index in [1.807, 2.05) is 19.1 Å². The highest BCUT2D eigenvalue weighted by Gasteiger charge is 2.21. The number of aryl methyl sites for hydroxylation is 2. The molecule has 0 aliphatic carbocycles. The lowest BCUT2D eigenvalue weighted by molar-refractivity contribution is 0.0702. The molecule has 0 saturated carbocycles. The molecule has 0 aliphatic heterocycles. The number of aromatic carboxylic acids is 1. The van der Waals surface area contributed by atoms with E-state index in [9.17, 15) is 13.2 Å². The van der Waals surface area contributed by atoms with E-state index in [-0.39, 0.29) is 9.09 Å². The minimum absolute atomic E-state index is 0.0185. The Morgan fingerprint density at radius 2 is 1.95 bits per heavy atom. The van der Waals surface area contributed by atoms with E-state index in [4.69, 9.17) is 5.11 Å². The lowest BCUT2D eigenvalue weighted by Crippen LogP contribution is -2.13. The van der Waals surface area contributed by atoms with Crippen molar-refractivity contribution >= 4 is 48.9 Å². The van der Waals surface area contributed by atoms with E-state index < -0.39 is 16.0 Å². The molecule has 0 bridgehead atoms. The number of carboxylic acids is 1. The molecule has 0 aliphatic rings. The van der Waals surface area contributed by atoms with Crippen molar-refractivity contribution in [3.63, 3.8) is 0 Å². The minimum Gasteiger partial charge on any atom is -0.477 e. The molecule has 5 nitrogen and oxygen atoms in total. The van der Waals surface area contributed by atoms with Crippen LogP contribution in [0.4, 0.5) is 5.69 Å². The van der Waals surface area contributed by atoms with Crippen LogP contribution in [0.25, 0.3) is 0 Å². The summed E-state index contributed by atoms with van der Waals surface area (Å²) in [6, 6.07) is 6.23. The largest absolute Gasteiger partial charge is 0.477 e. The average molecular weight is 390 g/mol. The van der Waals surface area contributed by atoms with Crippen LogP contribution in [-0.2, 0) is 10.0 Å². The van der Waals surface area contributed by atoms with Gasteiger partial charge in [-0.3, -0.25) is 4.72 Å². The Bertz CT molecular complexity index is 788. The monoisotopic (exact) mass is 389 g/mol. The number of carbonyl (C=O) groups is 1. The number of benzene rings is 1. The molecule has 0 saturated heterocycles. The molecule has 112 valence electrons. The summed E-state index contributed by atoms with van der Waals surface area (Å²) in [4.78, 5) is 10.8. The molecule has 0 fully saturated rings. The fraction of sp³-hybridized carbons (Fsp3) is 0.154. The highest BCUT2D eigenvalue weighted by Crippen LogP contribution is 2.31. The number of halogens is 1. The second-order valence-corrected chi connectivity index (χ2v) is 8.32. The van der Waals surface area contributed by atoms with E-state index in [1.165, 1.54) is 12.1 Å². The van der Waals surface area contributed by atoms with Crippen molar-refractivity contribution < 1.29 is 18.3 Å². The second-order valence-electron chi connectivity index (χ2n) is 4.47. The number of rotatable bonds is 4. The van der Waals surface area contributed by atoms with Gasteiger partial charge in [-0.2, -0.15) is 0 Å². The quantitative estimate of drug-likeness (QED) is 0.835. The van der Waals surface area contributed by atoms with E-state index >= 15 is 0 Å². The lowest BCUT2D eigenvalue weighted by atomic mass is 10.1. The summed E-state index contributed by atoms with van der Waals surface area (Å²) in [5.41, 5.74) is 2.23. The van der Waals surface area contributed by atoms with Crippen molar-refractivity contribution in [2.24, 2.45) is 0 Å². The predicted octanol–water partition coefficient (Wildman–Crippen LogP) is 3.63. The van der Waals surface area contributed by atoms with Gasteiger partial charge in [0.05, 0.1) is 5.69 Å². The fourth-order valence-electron chi connectivity index (χ4n) is 1.81. The Kier molecular flexibility index (Phi) is 4.40. The van der Waals surface area contributed by atoms with Crippen LogP contribution in [-0.4, -0.2) is 19.5 Å². The first kappa shape index (κ1) is 16.0. The van der Waals surface area contributed by atoms with Crippen LogP contribution in [0.2, 0.25) is 0 Å². The Hall–Kier alpha value is -1.38. The maximum absolute atomic E-state index is 12.3. The van der Waals surface area contributed by atoms with Crippen LogP contribution in [0.15, 0.2) is 32.9 Å². The van der Waals surface area contributed by atoms with E-state index in [2.05, 4.69) is 20.7 Å². The highest BCUT2D eigenvalue weighted by atomic mass is 79.9. The maximum Gasteiger partial charge on any atom is 0.345 e. The summed E-state index contributed by atoms with van der Waals surface area (Å²) in [6.45, 7) is 3.71. The van der Waals surface area contributed by atoms with Crippen LogP contribution < -0.4 is 4.72 Å². The average Bonchev–Trinajstić information content (AvgIpc) is 2.84. The van der Waals surface area contributed by atoms with Gasteiger partial charge in [0.2, 0.25) is 0 Å². The first-order chi connectivity index (χ1) is 9.70. The molecule has 2 aromatic rings. The van der Waals surface area contributed by atoms with Gasteiger partial charge in [0.25, 0.3) is 10.0 Å². The number of nitrogens with one attached hydrogen (secondary N) is 1. The number of sulfonamides is 1. The molecular formula is C13H12BrNO4S2. The van der Waals surface area contributed by atoms with Crippen molar-refractivity contribution in [2.45, 2.75) is 18.1 Å². The SMILES string of the molecule is Cc1cc(C)c(NS(=O)(=O)c2ccc(C(=O)O)s2)c(Br)c1. The molecule has 0 amide bonds. The Morgan fingerprint density at radius 1 is 1.29 bits per heavy atom. The third-order valence-corrected chi connectivity index (χ3v) is 6.27. The number of hydrogen-bond acceptors (Lipinski definition) is 4. The normalized spacial score (nSPS) is 11.4. The molecule has 2 N–H and O–H groups in total. The third kappa shape index (κ3) is 3.45. The number of anilines is 1. The van der Waals surface area contributed by atoms with Gasteiger partial charge in [-0.15, -0.1) is 11.3 Å². The summed E-state index contributed by atoms with van der Waals surface area (Å²) in [7, 11) is -3.81. The summed E-state index contributed by atoms with van der Waals surface area (Å²) in [5.74, 6) is -1.14. The zero-order valence-electron chi connectivity index (χ0n) is 11.2. The Morgan fingerprint density at radius 3 is 2.48 bits per heavy atom. The molecule has 2 rings (SSSR count). The smallest absolute Gasteiger partial charge is 0.345 e. The minimum atomic E-state index is -3.81. The molecule has 1 aromatic heterocycles. The molecule has 1 aromatic carbocycles. The van der Waals surface area contributed by atoms with E-state index in [0.29, 0.717) is 21.5 Å². The van der Waals surface area contributed by atoms with Crippen molar-refractivity contribution in [3.05, 3.63) is 44.7 Å². The fourth-order valence-corrected chi connectivity index (χ4v) is 5.01. The van der Waals surface area contributed by atoms with Crippen LogP contribution in [0, 0.1) is 13.8 Å². The van der Waals surface area contributed by atoms with Crippen molar-refractivity contribution in [1.29, 1.82) is 0 Å². The molecule has 0 spiro atoms. The van der Waals surface area contributed by atoms with Crippen molar-refractivity contribution in [1.82, 2.24) is 0 Å². The van der Waals surface area contributed by atoms with Gasteiger partial charge >= 0.3 is 5.97 Å². The van der Waals surface area contributed by atoms with Crippen LogP contribution in [0.1, 0.15) is 20.8 Å². The Labute approximate surface area is 134 Å². The van der Waals surface area contributed by atoms with Crippen LogP contribution in [0.3, 0.4) is 0 Å². The maximum atomic E-state index is 12.3. The summed E-state index contributed by atoms with van der Waals surface area (Å²) in [5, 5.41) is 8.86. The van der Waals surface area contributed by atoms with Gasteiger partial charge < -0.3 is 5.11 Å². The summed E-state index contributed by atoms with van der Waals surface area (Å²) in [6.07, 6.45) is 0. The molecule has 0 radical (unpaired) electrons. The highest BCUT2D eigenvalue weighted by molar-refractivity contribution is 9.10. The van der Waals surface area contributed by atoms with Crippen molar-refractivity contribution in [2.75, 3.05) is 4.72 Å². The third-order valence-electron chi connectivity index (χ3n) is 2.73. The predicted molar refractivity (Wildman–Crippen MR) is 85.7 cm³/mol. The first-order valence-corrected chi connectivity index (χ1v) is 8.92. The van der Waals surface area contributed by atoms with Gasteiger partial charge in [-0.25, -0.2) is 13.2 Å². The summed E-state index contributed by atoms with van der Waals surface area (Å²) < 4.78 is 27.7. The molecular weight excluding hydrogens is 378 g/mol. The molecule has 21 heavy (non-hydrogen) atoms. The van der Waals surface area contributed by atoms with E-state index in [0.717, 1.165) is 11.1 Å². The standard InChI is InChI=1S/C13H12BrNO4S2/c1-7-5-8(2)12(9(14)6-7)15-21(18,19)11-4-3-10(20-11)13(16)17/h3-6,15H,1-2H3,(H,16,17). The van der Waals surface area contributed by atoms with Gasteiger partial charge in [0.1, 0.15) is 9.09 Å². The lowest BCUT2D eigenvalue weighted by Gasteiger charge is -2.12. The molecule has 0 atom stereocenters. The zero-order valence-corrected chi connectivity index (χ0v) is 14.4. The van der Waals surface area contributed by atoms with Gasteiger partial charge in [0, 0.05) is 4.47 Å². The number of hydrogen-bond donors (Lipinski definition) is 2. The van der Waals surface area contributed by atoms with Crippen molar-refractivity contribution in [3.8, 4) is 0 Å². The van der Waals surface area contributed by atoms with Gasteiger partial charge in [-0.05, 0) is 59.1 Å². The second kappa shape index (κ2) is 5.78. The van der Waals surface area contributed by atoms with Crippen LogP contribution in [0.5, 0.6) is 0 Å². The number of carboxylic acid groups (broad SMARTS) is 1. The molecule has 0 unspecified atom stereocenters.